The average molecular weight is 237 g/mol. The van der Waals surface area contributed by atoms with E-state index < -0.39 is 0 Å². The lowest BCUT2D eigenvalue weighted by molar-refractivity contribution is 0.0833. The largest absolute Gasteiger partial charge is 0.493 e. The third-order valence-electron chi connectivity index (χ3n) is 2.53. The highest BCUT2D eigenvalue weighted by atomic mass is 16.6. The SMILES string of the molecule is COc1ccc(C2=NC(OC)CO2)cc1OC. The monoisotopic (exact) mass is 237 g/mol. The van der Waals surface area contributed by atoms with E-state index in [1.54, 1.807) is 21.3 Å². The fourth-order valence-electron chi connectivity index (χ4n) is 1.60. The minimum absolute atomic E-state index is 0.224. The molecule has 0 aromatic heterocycles. The molecule has 17 heavy (non-hydrogen) atoms. The summed E-state index contributed by atoms with van der Waals surface area (Å²) in [5, 5.41) is 0. The number of benzene rings is 1. The molecule has 1 atom stereocenters. The lowest BCUT2D eigenvalue weighted by Crippen LogP contribution is -2.07. The van der Waals surface area contributed by atoms with Crippen molar-refractivity contribution in [2.75, 3.05) is 27.9 Å². The third-order valence-corrected chi connectivity index (χ3v) is 2.53. The van der Waals surface area contributed by atoms with Gasteiger partial charge >= 0.3 is 0 Å². The zero-order chi connectivity index (χ0) is 12.3. The Kier molecular flexibility index (Phi) is 3.49. The van der Waals surface area contributed by atoms with Gasteiger partial charge in [-0.2, -0.15) is 0 Å². The summed E-state index contributed by atoms with van der Waals surface area (Å²) < 4.78 is 20.9. The summed E-state index contributed by atoms with van der Waals surface area (Å²) in [7, 11) is 4.80. The first kappa shape index (κ1) is 11.7. The maximum absolute atomic E-state index is 5.44. The van der Waals surface area contributed by atoms with E-state index in [0.717, 1.165) is 5.56 Å². The van der Waals surface area contributed by atoms with Crippen LogP contribution in [-0.4, -0.2) is 40.1 Å². The lowest BCUT2D eigenvalue weighted by Gasteiger charge is -2.09. The van der Waals surface area contributed by atoms with Crippen LogP contribution in [0.25, 0.3) is 0 Å². The quantitative estimate of drug-likeness (QED) is 0.795. The topological polar surface area (TPSA) is 49.3 Å². The molecule has 0 aliphatic carbocycles. The first-order valence-corrected chi connectivity index (χ1v) is 5.24. The van der Waals surface area contributed by atoms with Crippen molar-refractivity contribution in [3.05, 3.63) is 23.8 Å². The van der Waals surface area contributed by atoms with Gasteiger partial charge in [0.05, 0.1) is 14.2 Å². The maximum atomic E-state index is 5.44. The first-order valence-electron chi connectivity index (χ1n) is 5.24. The first-order chi connectivity index (χ1) is 8.28. The van der Waals surface area contributed by atoms with Gasteiger partial charge in [0.25, 0.3) is 0 Å². The number of ether oxygens (including phenoxy) is 4. The van der Waals surface area contributed by atoms with Crippen LogP contribution < -0.4 is 9.47 Å². The molecular weight excluding hydrogens is 222 g/mol. The average Bonchev–Trinajstić information content (AvgIpc) is 2.86. The van der Waals surface area contributed by atoms with Crippen molar-refractivity contribution in [1.29, 1.82) is 0 Å². The van der Waals surface area contributed by atoms with E-state index in [0.29, 0.717) is 24.0 Å². The summed E-state index contributed by atoms with van der Waals surface area (Å²) in [6.07, 6.45) is -0.224. The second kappa shape index (κ2) is 5.05. The summed E-state index contributed by atoms with van der Waals surface area (Å²) in [5.41, 5.74) is 0.849. The Labute approximate surface area is 100.0 Å². The zero-order valence-electron chi connectivity index (χ0n) is 10.1. The lowest BCUT2D eigenvalue weighted by atomic mass is 10.2. The Morgan fingerprint density at radius 3 is 2.53 bits per heavy atom. The van der Waals surface area contributed by atoms with Crippen molar-refractivity contribution in [1.82, 2.24) is 0 Å². The number of nitrogens with zero attached hydrogens (tertiary/aromatic N) is 1. The molecule has 5 heteroatoms. The highest BCUT2D eigenvalue weighted by Crippen LogP contribution is 2.28. The number of aliphatic imine (C=N–C) groups is 1. The van der Waals surface area contributed by atoms with Crippen LogP contribution in [0, 0.1) is 0 Å². The Bertz CT molecular complexity index is 431. The van der Waals surface area contributed by atoms with Gasteiger partial charge < -0.3 is 18.9 Å². The fraction of sp³-hybridized carbons (Fsp3) is 0.417. The molecule has 5 nitrogen and oxygen atoms in total. The highest BCUT2D eigenvalue weighted by molar-refractivity contribution is 5.95. The van der Waals surface area contributed by atoms with Gasteiger partial charge in [0.2, 0.25) is 5.90 Å². The van der Waals surface area contributed by atoms with E-state index in [1.807, 2.05) is 18.2 Å². The van der Waals surface area contributed by atoms with Gasteiger partial charge in [-0.15, -0.1) is 0 Å². The molecule has 0 N–H and O–H groups in total. The van der Waals surface area contributed by atoms with Crippen LogP contribution in [0.15, 0.2) is 23.2 Å². The smallest absolute Gasteiger partial charge is 0.219 e. The molecular formula is C12H15NO4. The van der Waals surface area contributed by atoms with E-state index in [1.165, 1.54) is 0 Å². The van der Waals surface area contributed by atoms with Gasteiger partial charge in [-0.25, -0.2) is 4.99 Å². The van der Waals surface area contributed by atoms with E-state index in [2.05, 4.69) is 4.99 Å². The van der Waals surface area contributed by atoms with Crippen molar-refractivity contribution in [2.45, 2.75) is 6.23 Å². The molecule has 1 aromatic rings. The molecule has 1 unspecified atom stereocenters. The standard InChI is InChI=1S/C12H15NO4/c1-14-9-5-4-8(6-10(9)15-2)12-13-11(16-3)7-17-12/h4-6,11H,7H2,1-3H3. The molecule has 0 bridgehead atoms. The summed E-state index contributed by atoms with van der Waals surface area (Å²) in [5.74, 6) is 1.90. The second-order valence-corrected chi connectivity index (χ2v) is 3.51. The molecule has 0 spiro atoms. The Morgan fingerprint density at radius 1 is 1.18 bits per heavy atom. The molecule has 2 rings (SSSR count). The number of hydrogen-bond acceptors (Lipinski definition) is 5. The van der Waals surface area contributed by atoms with Crippen molar-refractivity contribution < 1.29 is 18.9 Å². The van der Waals surface area contributed by atoms with Crippen molar-refractivity contribution in [3.8, 4) is 11.5 Å². The van der Waals surface area contributed by atoms with Crippen LogP contribution in [0.2, 0.25) is 0 Å². The van der Waals surface area contributed by atoms with Gasteiger partial charge in [0, 0.05) is 12.7 Å². The van der Waals surface area contributed by atoms with Crippen molar-refractivity contribution >= 4 is 5.90 Å². The number of hydrogen-bond donors (Lipinski definition) is 0. The van der Waals surface area contributed by atoms with Gasteiger partial charge in [-0.1, -0.05) is 0 Å². The molecule has 1 aliphatic rings. The minimum Gasteiger partial charge on any atom is -0.493 e. The third kappa shape index (κ3) is 2.34. The Hall–Kier alpha value is -1.75. The maximum Gasteiger partial charge on any atom is 0.219 e. The zero-order valence-corrected chi connectivity index (χ0v) is 10.1. The predicted molar refractivity (Wildman–Crippen MR) is 62.8 cm³/mol. The molecule has 92 valence electrons. The molecule has 0 fully saturated rings. The van der Waals surface area contributed by atoms with Crippen LogP contribution in [0.3, 0.4) is 0 Å². The molecule has 0 radical (unpaired) electrons. The van der Waals surface area contributed by atoms with Crippen LogP contribution in [0.5, 0.6) is 11.5 Å². The molecule has 1 aliphatic heterocycles. The van der Waals surface area contributed by atoms with Crippen LogP contribution in [0.1, 0.15) is 5.56 Å². The molecule has 0 amide bonds. The van der Waals surface area contributed by atoms with Crippen LogP contribution in [0.4, 0.5) is 0 Å². The fourth-order valence-corrected chi connectivity index (χ4v) is 1.60. The summed E-state index contributed by atoms with van der Waals surface area (Å²) in [6, 6.07) is 5.52. The Balaban J connectivity index is 2.28. The molecule has 1 heterocycles. The highest BCUT2D eigenvalue weighted by Gasteiger charge is 2.20. The van der Waals surface area contributed by atoms with Gasteiger partial charge in [-0.05, 0) is 18.2 Å². The van der Waals surface area contributed by atoms with E-state index >= 15 is 0 Å². The van der Waals surface area contributed by atoms with Gasteiger partial charge in [0.1, 0.15) is 6.61 Å². The predicted octanol–water partition coefficient (Wildman–Crippen LogP) is 1.45. The minimum atomic E-state index is -0.224. The van der Waals surface area contributed by atoms with Crippen molar-refractivity contribution in [2.24, 2.45) is 4.99 Å². The van der Waals surface area contributed by atoms with Gasteiger partial charge in [-0.3, -0.25) is 0 Å². The van der Waals surface area contributed by atoms with Crippen LogP contribution >= 0.6 is 0 Å². The van der Waals surface area contributed by atoms with E-state index in [-0.39, 0.29) is 6.23 Å². The normalized spacial score (nSPS) is 18.5. The van der Waals surface area contributed by atoms with E-state index in [4.69, 9.17) is 18.9 Å². The van der Waals surface area contributed by atoms with Crippen LogP contribution in [-0.2, 0) is 9.47 Å². The second-order valence-electron chi connectivity index (χ2n) is 3.51. The summed E-state index contributed by atoms with van der Waals surface area (Å²) in [6.45, 7) is 0.445. The van der Waals surface area contributed by atoms with E-state index in [9.17, 15) is 0 Å². The summed E-state index contributed by atoms with van der Waals surface area (Å²) in [4.78, 5) is 4.28. The number of rotatable bonds is 4. The number of methoxy groups -OCH3 is 3. The van der Waals surface area contributed by atoms with Gasteiger partial charge in [0.15, 0.2) is 17.7 Å². The molecule has 0 saturated heterocycles. The molecule has 0 saturated carbocycles. The Morgan fingerprint density at radius 2 is 1.94 bits per heavy atom. The summed E-state index contributed by atoms with van der Waals surface area (Å²) >= 11 is 0. The van der Waals surface area contributed by atoms with Crippen molar-refractivity contribution in [3.63, 3.8) is 0 Å². The molecule has 1 aromatic carbocycles.